The molecule has 1 aromatic carbocycles. The second-order valence-corrected chi connectivity index (χ2v) is 3.65. The van der Waals surface area contributed by atoms with Gasteiger partial charge in [-0.15, -0.1) is 0 Å². The average molecular weight is 264 g/mol. The highest BCUT2D eigenvalue weighted by Crippen LogP contribution is 2.33. The van der Waals surface area contributed by atoms with E-state index in [4.69, 9.17) is 4.74 Å². The van der Waals surface area contributed by atoms with Gasteiger partial charge < -0.3 is 4.74 Å². The summed E-state index contributed by atoms with van der Waals surface area (Å²) in [7, 11) is 0. The molecule has 0 aliphatic carbocycles. The molecule has 1 aliphatic rings. The van der Waals surface area contributed by atoms with Crippen LogP contribution in [0.5, 0.6) is 0 Å². The van der Waals surface area contributed by atoms with Crippen molar-refractivity contribution in [1.82, 2.24) is 0 Å². The SMILES string of the molecule is Fc1ccc(I)c(C2CO2)c1. The zero-order chi connectivity index (χ0) is 7.84. The Kier molecular flexibility index (Phi) is 1.85. The summed E-state index contributed by atoms with van der Waals surface area (Å²) in [5.74, 6) is -0.184. The van der Waals surface area contributed by atoms with Gasteiger partial charge in [-0.05, 0) is 46.4 Å². The van der Waals surface area contributed by atoms with Crippen LogP contribution in [-0.4, -0.2) is 6.61 Å². The molecule has 1 saturated heterocycles. The average Bonchev–Trinajstić information content (AvgIpc) is 2.76. The first kappa shape index (κ1) is 7.49. The molecule has 1 unspecified atom stereocenters. The Morgan fingerprint density at radius 2 is 2.27 bits per heavy atom. The van der Waals surface area contributed by atoms with E-state index < -0.39 is 0 Å². The molecule has 1 aliphatic heterocycles. The Balaban J connectivity index is 2.42. The van der Waals surface area contributed by atoms with Crippen LogP contribution in [0.15, 0.2) is 18.2 Å². The maximum atomic E-state index is 12.7. The van der Waals surface area contributed by atoms with Crippen LogP contribution in [0.2, 0.25) is 0 Å². The van der Waals surface area contributed by atoms with Crippen molar-refractivity contribution in [2.45, 2.75) is 6.10 Å². The molecule has 58 valence electrons. The second-order valence-electron chi connectivity index (χ2n) is 2.49. The lowest BCUT2D eigenvalue weighted by molar-refractivity contribution is 0.414. The molecule has 1 atom stereocenters. The Morgan fingerprint density at radius 1 is 1.55 bits per heavy atom. The maximum absolute atomic E-state index is 12.7. The molecule has 1 heterocycles. The molecule has 1 nitrogen and oxygen atoms in total. The van der Waals surface area contributed by atoms with Crippen LogP contribution in [0.3, 0.4) is 0 Å². The van der Waals surface area contributed by atoms with Crippen molar-refractivity contribution >= 4 is 22.6 Å². The van der Waals surface area contributed by atoms with Gasteiger partial charge in [0, 0.05) is 3.57 Å². The molecule has 2 rings (SSSR count). The minimum absolute atomic E-state index is 0.151. The summed E-state index contributed by atoms with van der Waals surface area (Å²) < 4.78 is 18.8. The molecule has 3 heteroatoms. The number of hydrogen-bond donors (Lipinski definition) is 0. The lowest BCUT2D eigenvalue weighted by Crippen LogP contribution is -1.87. The van der Waals surface area contributed by atoms with Crippen molar-refractivity contribution in [3.63, 3.8) is 0 Å². The molecule has 1 fully saturated rings. The van der Waals surface area contributed by atoms with Crippen LogP contribution < -0.4 is 0 Å². The highest BCUT2D eigenvalue weighted by molar-refractivity contribution is 14.1. The van der Waals surface area contributed by atoms with Crippen molar-refractivity contribution in [3.05, 3.63) is 33.1 Å². The molecule has 0 spiro atoms. The zero-order valence-corrected chi connectivity index (χ0v) is 7.84. The standard InChI is InChI=1S/C8H6FIO/c9-5-1-2-7(10)6(3-5)8-4-11-8/h1-3,8H,4H2. The summed E-state index contributed by atoms with van der Waals surface area (Å²) in [6, 6.07) is 4.78. The fourth-order valence-corrected chi connectivity index (χ4v) is 1.67. The third-order valence-electron chi connectivity index (χ3n) is 1.64. The summed E-state index contributed by atoms with van der Waals surface area (Å²) in [5.41, 5.74) is 0.977. The van der Waals surface area contributed by atoms with Crippen molar-refractivity contribution in [3.8, 4) is 0 Å². The van der Waals surface area contributed by atoms with Gasteiger partial charge in [-0.25, -0.2) is 4.39 Å². The van der Waals surface area contributed by atoms with E-state index in [1.807, 2.05) is 0 Å². The van der Waals surface area contributed by atoms with Gasteiger partial charge in [-0.1, -0.05) is 0 Å². The van der Waals surface area contributed by atoms with Gasteiger partial charge in [0.1, 0.15) is 11.9 Å². The summed E-state index contributed by atoms with van der Waals surface area (Å²) in [4.78, 5) is 0. The smallest absolute Gasteiger partial charge is 0.123 e. The molecule has 0 N–H and O–H groups in total. The monoisotopic (exact) mass is 264 g/mol. The largest absolute Gasteiger partial charge is 0.368 e. The number of halogens is 2. The predicted molar refractivity (Wildman–Crippen MR) is 47.8 cm³/mol. The van der Waals surface area contributed by atoms with Gasteiger partial charge >= 0.3 is 0 Å². The Hall–Kier alpha value is -0.160. The summed E-state index contributed by atoms with van der Waals surface area (Å²) in [6.07, 6.45) is 0.151. The molecular formula is C8H6FIO. The number of epoxide rings is 1. The Morgan fingerprint density at radius 3 is 2.91 bits per heavy atom. The van der Waals surface area contributed by atoms with Gasteiger partial charge in [0.2, 0.25) is 0 Å². The van der Waals surface area contributed by atoms with E-state index in [1.165, 1.54) is 6.07 Å². The summed E-state index contributed by atoms with van der Waals surface area (Å²) in [5, 5.41) is 0. The molecule has 0 aromatic heterocycles. The summed E-state index contributed by atoms with van der Waals surface area (Å²) in [6.45, 7) is 0.736. The van der Waals surface area contributed by atoms with Crippen molar-refractivity contribution in [2.24, 2.45) is 0 Å². The van der Waals surface area contributed by atoms with Gasteiger partial charge in [-0.3, -0.25) is 0 Å². The quantitative estimate of drug-likeness (QED) is 0.560. The van der Waals surface area contributed by atoms with Gasteiger partial charge in [-0.2, -0.15) is 0 Å². The van der Waals surface area contributed by atoms with Crippen molar-refractivity contribution < 1.29 is 9.13 Å². The fraction of sp³-hybridized carbons (Fsp3) is 0.250. The lowest BCUT2D eigenvalue weighted by atomic mass is 10.2. The van der Waals surface area contributed by atoms with E-state index in [0.29, 0.717) is 0 Å². The zero-order valence-electron chi connectivity index (χ0n) is 5.68. The lowest BCUT2D eigenvalue weighted by Gasteiger charge is -1.98. The highest BCUT2D eigenvalue weighted by Gasteiger charge is 2.26. The van der Waals surface area contributed by atoms with Crippen molar-refractivity contribution in [1.29, 1.82) is 0 Å². The Labute approximate surface area is 77.7 Å². The first-order valence-corrected chi connectivity index (χ1v) is 4.42. The van der Waals surface area contributed by atoms with E-state index in [1.54, 1.807) is 12.1 Å². The van der Waals surface area contributed by atoms with Gasteiger partial charge in [0.25, 0.3) is 0 Å². The van der Waals surface area contributed by atoms with Crippen molar-refractivity contribution in [2.75, 3.05) is 6.61 Å². The first-order chi connectivity index (χ1) is 5.27. The van der Waals surface area contributed by atoms with Crippen LogP contribution in [0, 0.1) is 9.39 Å². The minimum atomic E-state index is -0.184. The van der Waals surface area contributed by atoms with Crippen LogP contribution >= 0.6 is 22.6 Å². The molecule has 0 bridgehead atoms. The third kappa shape index (κ3) is 1.54. The van der Waals surface area contributed by atoms with E-state index in [2.05, 4.69) is 22.6 Å². The minimum Gasteiger partial charge on any atom is -0.368 e. The molecule has 1 aromatic rings. The maximum Gasteiger partial charge on any atom is 0.123 e. The first-order valence-electron chi connectivity index (χ1n) is 3.34. The van der Waals surface area contributed by atoms with Crippen LogP contribution in [-0.2, 0) is 4.74 Å². The van der Waals surface area contributed by atoms with E-state index >= 15 is 0 Å². The molecular weight excluding hydrogens is 258 g/mol. The topological polar surface area (TPSA) is 12.5 Å². The Bertz CT molecular complexity index is 283. The highest BCUT2D eigenvalue weighted by atomic mass is 127. The second kappa shape index (κ2) is 2.71. The molecule has 0 radical (unpaired) electrons. The van der Waals surface area contributed by atoms with E-state index in [9.17, 15) is 4.39 Å². The molecule has 0 saturated carbocycles. The van der Waals surface area contributed by atoms with Crippen LogP contribution in [0.1, 0.15) is 11.7 Å². The number of hydrogen-bond acceptors (Lipinski definition) is 1. The third-order valence-corrected chi connectivity index (χ3v) is 2.62. The molecule has 0 amide bonds. The number of rotatable bonds is 1. The number of benzene rings is 1. The normalized spacial score (nSPS) is 21.8. The summed E-state index contributed by atoms with van der Waals surface area (Å²) >= 11 is 2.19. The predicted octanol–water partition coefficient (Wildman–Crippen LogP) is 2.50. The van der Waals surface area contributed by atoms with Gasteiger partial charge in [0.15, 0.2) is 0 Å². The van der Waals surface area contributed by atoms with E-state index in [0.717, 1.165) is 15.7 Å². The van der Waals surface area contributed by atoms with Crippen LogP contribution in [0.4, 0.5) is 4.39 Å². The number of ether oxygens (including phenoxy) is 1. The van der Waals surface area contributed by atoms with Gasteiger partial charge in [0.05, 0.1) is 6.61 Å². The van der Waals surface area contributed by atoms with Crippen LogP contribution in [0.25, 0.3) is 0 Å². The van der Waals surface area contributed by atoms with E-state index in [-0.39, 0.29) is 11.9 Å². The fourth-order valence-electron chi connectivity index (χ4n) is 0.989. The molecule has 11 heavy (non-hydrogen) atoms.